The van der Waals surface area contributed by atoms with Gasteiger partial charge in [-0.1, -0.05) is 59.8 Å². The van der Waals surface area contributed by atoms with Crippen LogP contribution >= 0.6 is 11.6 Å². The predicted octanol–water partition coefficient (Wildman–Crippen LogP) is 3.43. The first kappa shape index (κ1) is 11.7. The molecule has 0 saturated heterocycles. The Labute approximate surface area is 106 Å². The predicted molar refractivity (Wildman–Crippen MR) is 69.7 cm³/mol. The standard InChI is InChI=1S/C15H11ClO/c16-14-8-4-5-12(11-14)9-10-15(17)13-6-2-1-3-7-13/h1-8,11,15,17H. The molecule has 0 aliphatic carbocycles. The van der Waals surface area contributed by atoms with E-state index in [0.29, 0.717) is 5.02 Å². The highest BCUT2D eigenvalue weighted by Gasteiger charge is 2.00. The summed E-state index contributed by atoms with van der Waals surface area (Å²) in [7, 11) is 0. The third kappa shape index (κ3) is 3.35. The van der Waals surface area contributed by atoms with Gasteiger partial charge in [-0.25, -0.2) is 0 Å². The average Bonchev–Trinajstić information content (AvgIpc) is 2.37. The van der Waals surface area contributed by atoms with Crippen molar-refractivity contribution in [1.29, 1.82) is 0 Å². The molecule has 1 N–H and O–H groups in total. The van der Waals surface area contributed by atoms with Crippen LogP contribution < -0.4 is 0 Å². The van der Waals surface area contributed by atoms with E-state index in [2.05, 4.69) is 11.8 Å². The molecule has 1 atom stereocenters. The number of benzene rings is 2. The van der Waals surface area contributed by atoms with Crippen LogP contribution in [-0.2, 0) is 0 Å². The summed E-state index contributed by atoms with van der Waals surface area (Å²) in [5, 5.41) is 10.5. The minimum atomic E-state index is -0.768. The zero-order valence-electron chi connectivity index (χ0n) is 9.10. The van der Waals surface area contributed by atoms with Crippen molar-refractivity contribution < 1.29 is 5.11 Å². The molecule has 2 aromatic carbocycles. The van der Waals surface area contributed by atoms with Crippen LogP contribution in [0.5, 0.6) is 0 Å². The summed E-state index contributed by atoms with van der Waals surface area (Å²) in [5.74, 6) is 5.69. The van der Waals surface area contributed by atoms with E-state index >= 15 is 0 Å². The Bertz CT molecular complexity index is 552. The van der Waals surface area contributed by atoms with Gasteiger partial charge in [0.25, 0.3) is 0 Å². The van der Waals surface area contributed by atoms with Crippen molar-refractivity contribution in [3.63, 3.8) is 0 Å². The monoisotopic (exact) mass is 242 g/mol. The Morgan fingerprint density at radius 3 is 2.47 bits per heavy atom. The maximum Gasteiger partial charge on any atom is 0.140 e. The van der Waals surface area contributed by atoms with E-state index in [1.54, 1.807) is 12.1 Å². The fraction of sp³-hybridized carbons (Fsp3) is 0.0667. The van der Waals surface area contributed by atoms with E-state index in [0.717, 1.165) is 11.1 Å². The molecule has 0 aliphatic heterocycles. The second-order valence-electron chi connectivity index (χ2n) is 3.59. The summed E-state index contributed by atoms with van der Waals surface area (Å²) >= 11 is 5.85. The lowest BCUT2D eigenvalue weighted by atomic mass is 10.1. The van der Waals surface area contributed by atoms with Crippen LogP contribution in [0.2, 0.25) is 5.02 Å². The van der Waals surface area contributed by atoms with Gasteiger partial charge in [-0.2, -0.15) is 0 Å². The lowest BCUT2D eigenvalue weighted by Crippen LogP contribution is -1.92. The Morgan fingerprint density at radius 2 is 1.76 bits per heavy atom. The molecule has 2 aromatic rings. The SMILES string of the molecule is OC(C#Cc1cccc(Cl)c1)c1ccccc1. The highest BCUT2D eigenvalue weighted by molar-refractivity contribution is 6.30. The van der Waals surface area contributed by atoms with Crippen molar-refractivity contribution in [2.75, 3.05) is 0 Å². The topological polar surface area (TPSA) is 20.2 Å². The van der Waals surface area contributed by atoms with E-state index in [1.165, 1.54) is 0 Å². The van der Waals surface area contributed by atoms with Gasteiger partial charge in [0, 0.05) is 10.6 Å². The van der Waals surface area contributed by atoms with Crippen molar-refractivity contribution in [1.82, 2.24) is 0 Å². The lowest BCUT2D eigenvalue weighted by Gasteiger charge is -2.01. The zero-order valence-corrected chi connectivity index (χ0v) is 9.85. The van der Waals surface area contributed by atoms with Crippen molar-refractivity contribution in [2.45, 2.75) is 6.10 Å². The van der Waals surface area contributed by atoms with Crippen LogP contribution in [0.4, 0.5) is 0 Å². The van der Waals surface area contributed by atoms with Crippen LogP contribution in [-0.4, -0.2) is 5.11 Å². The Balaban J connectivity index is 2.17. The van der Waals surface area contributed by atoms with Crippen LogP contribution in [0, 0.1) is 11.8 Å². The number of hydrogen-bond donors (Lipinski definition) is 1. The smallest absolute Gasteiger partial charge is 0.140 e. The van der Waals surface area contributed by atoms with E-state index in [1.807, 2.05) is 42.5 Å². The highest BCUT2D eigenvalue weighted by Crippen LogP contribution is 2.12. The minimum absolute atomic E-state index is 0.644. The second kappa shape index (κ2) is 5.54. The molecule has 1 nitrogen and oxygen atoms in total. The highest BCUT2D eigenvalue weighted by atomic mass is 35.5. The molecule has 0 fully saturated rings. The fourth-order valence-electron chi connectivity index (χ4n) is 1.44. The van der Waals surface area contributed by atoms with Crippen LogP contribution in [0.15, 0.2) is 54.6 Å². The molecule has 0 radical (unpaired) electrons. The number of aliphatic hydroxyl groups is 1. The summed E-state index contributed by atoms with van der Waals surface area (Å²) in [5.41, 5.74) is 1.59. The molecule has 0 aliphatic rings. The first-order valence-corrected chi connectivity index (χ1v) is 5.63. The minimum Gasteiger partial charge on any atom is -0.376 e. The normalized spacial score (nSPS) is 11.4. The van der Waals surface area contributed by atoms with Gasteiger partial charge in [0.05, 0.1) is 0 Å². The maximum absolute atomic E-state index is 9.84. The van der Waals surface area contributed by atoms with Crippen molar-refractivity contribution in [2.24, 2.45) is 0 Å². The molecule has 2 heteroatoms. The molecule has 0 heterocycles. The van der Waals surface area contributed by atoms with Crippen molar-refractivity contribution >= 4 is 11.6 Å². The maximum atomic E-state index is 9.84. The summed E-state index contributed by atoms with van der Waals surface area (Å²) in [6.45, 7) is 0. The molecule has 1 unspecified atom stereocenters. The van der Waals surface area contributed by atoms with E-state index in [9.17, 15) is 5.11 Å². The van der Waals surface area contributed by atoms with Gasteiger partial charge in [-0.05, 0) is 23.8 Å². The zero-order chi connectivity index (χ0) is 12.1. The van der Waals surface area contributed by atoms with Crippen LogP contribution in [0.3, 0.4) is 0 Å². The number of hydrogen-bond acceptors (Lipinski definition) is 1. The summed E-state index contributed by atoms with van der Waals surface area (Å²) in [6, 6.07) is 16.6. The summed E-state index contributed by atoms with van der Waals surface area (Å²) < 4.78 is 0. The lowest BCUT2D eigenvalue weighted by molar-refractivity contribution is 0.238. The molecule has 0 bridgehead atoms. The van der Waals surface area contributed by atoms with Crippen molar-refractivity contribution in [3.05, 3.63) is 70.7 Å². The third-order valence-electron chi connectivity index (χ3n) is 2.29. The Morgan fingerprint density at radius 1 is 1.00 bits per heavy atom. The molecular formula is C15H11ClO. The summed E-state index contributed by atoms with van der Waals surface area (Å²) in [4.78, 5) is 0. The number of aliphatic hydroxyl groups excluding tert-OH is 1. The molecule has 0 saturated carbocycles. The molecule has 0 amide bonds. The largest absolute Gasteiger partial charge is 0.376 e. The quantitative estimate of drug-likeness (QED) is 0.760. The number of rotatable bonds is 1. The fourth-order valence-corrected chi connectivity index (χ4v) is 1.63. The van der Waals surface area contributed by atoms with Gasteiger partial charge in [-0.15, -0.1) is 0 Å². The van der Waals surface area contributed by atoms with Gasteiger partial charge >= 0.3 is 0 Å². The average molecular weight is 243 g/mol. The molecule has 0 aromatic heterocycles. The first-order valence-electron chi connectivity index (χ1n) is 5.26. The van der Waals surface area contributed by atoms with E-state index < -0.39 is 6.10 Å². The first-order chi connectivity index (χ1) is 8.25. The second-order valence-corrected chi connectivity index (χ2v) is 4.03. The van der Waals surface area contributed by atoms with Gasteiger partial charge in [0.1, 0.15) is 6.10 Å². The Hall–Kier alpha value is -1.75. The van der Waals surface area contributed by atoms with Crippen LogP contribution in [0.25, 0.3) is 0 Å². The molecule has 0 spiro atoms. The summed E-state index contributed by atoms with van der Waals surface area (Å²) in [6.07, 6.45) is -0.768. The molecule has 2 rings (SSSR count). The van der Waals surface area contributed by atoms with Gasteiger partial charge in [-0.3, -0.25) is 0 Å². The van der Waals surface area contributed by atoms with E-state index in [-0.39, 0.29) is 0 Å². The third-order valence-corrected chi connectivity index (χ3v) is 2.53. The van der Waals surface area contributed by atoms with Crippen molar-refractivity contribution in [3.8, 4) is 11.8 Å². The van der Waals surface area contributed by atoms with E-state index in [4.69, 9.17) is 11.6 Å². The van der Waals surface area contributed by atoms with Gasteiger partial charge in [0.15, 0.2) is 0 Å². The molecule has 84 valence electrons. The molecule has 17 heavy (non-hydrogen) atoms. The molecular weight excluding hydrogens is 232 g/mol. The van der Waals surface area contributed by atoms with Gasteiger partial charge in [0.2, 0.25) is 0 Å². The Kier molecular flexibility index (Phi) is 3.82. The van der Waals surface area contributed by atoms with Crippen LogP contribution in [0.1, 0.15) is 17.2 Å². The van der Waals surface area contributed by atoms with Gasteiger partial charge < -0.3 is 5.11 Å². The number of halogens is 1.